The second-order valence-electron chi connectivity index (χ2n) is 7.63. The van der Waals surface area contributed by atoms with Gasteiger partial charge in [0.05, 0.1) is 30.5 Å². The first-order valence-corrected chi connectivity index (χ1v) is 12.5. The topological polar surface area (TPSA) is 97.3 Å². The van der Waals surface area contributed by atoms with Crippen molar-refractivity contribution in [3.8, 4) is 11.5 Å². The number of hydrazone groups is 1. The van der Waals surface area contributed by atoms with Crippen LogP contribution in [0.1, 0.15) is 24.5 Å². The number of rotatable bonds is 10. The van der Waals surface area contributed by atoms with E-state index >= 15 is 0 Å². The quantitative estimate of drug-likeness (QED) is 0.337. The maximum Gasteiger partial charge on any atom is 0.264 e. The molecule has 0 radical (unpaired) electrons. The van der Waals surface area contributed by atoms with Gasteiger partial charge < -0.3 is 9.47 Å². The van der Waals surface area contributed by atoms with Gasteiger partial charge >= 0.3 is 0 Å². The first-order valence-electron chi connectivity index (χ1n) is 11.0. The Morgan fingerprint density at radius 2 is 1.60 bits per heavy atom. The second kappa shape index (κ2) is 11.5. The lowest BCUT2D eigenvalue weighted by Gasteiger charge is -2.25. The number of hydrogen-bond donors (Lipinski definition) is 1. The Morgan fingerprint density at radius 1 is 0.943 bits per heavy atom. The number of benzene rings is 3. The summed E-state index contributed by atoms with van der Waals surface area (Å²) >= 11 is 0. The molecule has 1 amide bonds. The Bertz CT molecular complexity index is 1310. The minimum Gasteiger partial charge on any atom is -0.493 e. The van der Waals surface area contributed by atoms with Crippen LogP contribution < -0.4 is 19.2 Å². The van der Waals surface area contributed by atoms with E-state index in [2.05, 4.69) is 10.5 Å². The molecule has 0 atom stereocenters. The van der Waals surface area contributed by atoms with Crippen molar-refractivity contribution in [3.63, 3.8) is 0 Å². The minimum atomic E-state index is -3.99. The highest BCUT2D eigenvalue weighted by Gasteiger charge is 2.28. The number of carbonyl (C=O) groups is 1. The third-order valence-electron chi connectivity index (χ3n) is 5.37. The molecule has 0 heterocycles. The Hall–Kier alpha value is -3.85. The maximum absolute atomic E-state index is 13.5. The van der Waals surface area contributed by atoms with Crippen LogP contribution in [0.5, 0.6) is 11.5 Å². The first kappa shape index (κ1) is 25.8. The molecular weight excluding hydrogens is 466 g/mol. The van der Waals surface area contributed by atoms with Crippen molar-refractivity contribution < 1.29 is 22.7 Å². The summed E-state index contributed by atoms with van der Waals surface area (Å²) in [5, 5.41) is 4.27. The molecule has 9 heteroatoms. The molecule has 3 aromatic carbocycles. The van der Waals surface area contributed by atoms with E-state index in [4.69, 9.17) is 9.47 Å². The molecular formula is C26H29N3O5S. The molecule has 0 saturated carbocycles. The van der Waals surface area contributed by atoms with Gasteiger partial charge in [0, 0.05) is 5.56 Å². The largest absolute Gasteiger partial charge is 0.493 e. The minimum absolute atomic E-state index is 0.0964. The molecule has 0 spiro atoms. The van der Waals surface area contributed by atoms with E-state index in [1.165, 1.54) is 12.1 Å². The summed E-state index contributed by atoms with van der Waals surface area (Å²) in [6, 6.07) is 20.4. The summed E-state index contributed by atoms with van der Waals surface area (Å²) in [5.74, 6) is 0.548. The third kappa shape index (κ3) is 5.99. The Balaban J connectivity index is 1.89. The number of ether oxygens (including phenoxy) is 2. The van der Waals surface area contributed by atoms with Crippen molar-refractivity contribution >= 4 is 27.3 Å². The van der Waals surface area contributed by atoms with Gasteiger partial charge in [-0.2, -0.15) is 5.10 Å². The van der Waals surface area contributed by atoms with Crippen molar-refractivity contribution in [3.05, 3.63) is 83.9 Å². The fourth-order valence-corrected chi connectivity index (χ4v) is 5.03. The number of anilines is 1. The van der Waals surface area contributed by atoms with E-state index in [-0.39, 0.29) is 4.90 Å². The van der Waals surface area contributed by atoms with E-state index in [9.17, 15) is 13.2 Å². The maximum atomic E-state index is 13.5. The standard InChI is InChI=1S/C26H29N3O5S/c1-5-22(20-15-16-24(33-3)25(17-20)34-4)27-28-26(30)18-29(23-14-10-9-11-19(23)2)35(31,32)21-12-7-6-8-13-21/h6-17H,5,18H2,1-4H3,(H,28,30)/b27-22-. The van der Waals surface area contributed by atoms with Crippen LogP contribution in [0.4, 0.5) is 5.69 Å². The number of para-hydroxylation sites is 1. The van der Waals surface area contributed by atoms with Crippen molar-refractivity contribution in [2.24, 2.45) is 5.10 Å². The number of sulfonamides is 1. The zero-order valence-electron chi connectivity index (χ0n) is 20.2. The molecule has 0 aromatic heterocycles. The van der Waals surface area contributed by atoms with Gasteiger partial charge in [0.15, 0.2) is 11.5 Å². The average Bonchev–Trinajstić information content (AvgIpc) is 2.88. The number of nitrogens with zero attached hydrogens (tertiary/aromatic N) is 2. The summed E-state index contributed by atoms with van der Waals surface area (Å²) in [6.07, 6.45) is 0.527. The zero-order valence-corrected chi connectivity index (χ0v) is 21.0. The smallest absolute Gasteiger partial charge is 0.264 e. The number of amides is 1. The van der Waals surface area contributed by atoms with E-state index in [0.717, 1.165) is 15.4 Å². The van der Waals surface area contributed by atoms with Crippen LogP contribution in [0, 0.1) is 6.92 Å². The number of nitrogens with one attached hydrogen (secondary N) is 1. The van der Waals surface area contributed by atoms with Crippen molar-refractivity contribution in [1.29, 1.82) is 0 Å². The van der Waals surface area contributed by atoms with E-state index < -0.39 is 22.5 Å². The average molecular weight is 496 g/mol. The van der Waals surface area contributed by atoms with Gasteiger partial charge in [0.25, 0.3) is 15.9 Å². The molecule has 35 heavy (non-hydrogen) atoms. The van der Waals surface area contributed by atoms with E-state index in [1.807, 2.05) is 19.1 Å². The number of carbonyl (C=O) groups excluding carboxylic acids is 1. The predicted octanol–water partition coefficient (Wildman–Crippen LogP) is 4.14. The van der Waals surface area contributed by atoms with Crippen molar-refractivity contribution in [2.45, 2.75) is 25.2 Å². The summed E-state index contributed by atoms with van der Waals surface area (Å²) in [6.45, 7) is 3.26. The van der Waals surface area contributed by atoms with Crippen molar-refractivity contribution in [1.82, 2.24) is 5.43 Å². The normalized spacial score (nSPS) is 11.6. The Kier molecular flexibility index (Phi) is 8.48. The Labute approximate surface area is 206 Å². The summed E-state index contributed by atoms with van der Waals surface area (Å²) in [4.78, 5) is 13.0. The molecule has 0 aliphatic carbocycles. The van der Waals surface area contributed by atoms with Crippen LogP contribution in [-0.2, 0) is 14.8 Å². The van der Waals surface area contributed by atoms with Crippen LogP contribution >= 0.6 is 0 Å². The van der Waals surface area contributed by atoms with E-state index in [1.54, 1.807) is 69.7 Å². The zero-order chi connectivity index (χ0) is 25.4. The molecule has 184 valence electrons. The SMILES string of the molecule is CC/C(=N/NC(=O)CN(c1ccccc1C)S(=O)(=O)c1ccccc1)c1ccc(OC)c(OC)c1. The first-order chi connectivity index (χ1) is 16.8. The summed E-state index contributed by atoms with van der Waals surface area (Å²) < 4.78 is 38.6. The molecule has 0 fully saturated rings. The fourth-order valence-electron chi connectivity index (χ4n) is 3.52. The van der Waals surface area contributed by atoms with Gasteiger partial charge in [0.1, 0.15) is 6.54 Å². The van der Waals surface area contributed by atoms with Gasteiger partial charge in [-0.15, -0.1) is 0 Å². The second-order valence-corrected chi connectivity index (χ2v) is 9.49. The molecule has 3 aromatic rings. The number of aryl methyl sites for hydroxylation is 1. The van der Waals surface area contributed by atoms with Crippen molar-refractivity contribution in [2.75, 3.05) is 25.1 Å². The number of methoxy groups -OCH3 is 2. The summed E-state index contributed by atoms with van der Waals surface area (Å²) in [7, 11) is -0.898. The number of hydrogen-bond acceptors (Lipinski definition) is 6. The molecule has 0 unspecified atom stereocenters. The van der Waals surface area contributed by atoms with Crippen LogP contribution in [0.2, 0.25) is 0 Å². The van der Waals surface area contributed by atoms with Gasteiger partial charge in [-0.25, -0.2) is 13.8 Å². The molecule has 8 nitrogen and oxygen atoms in total. The molecule has 0 bridgehead atoms. The molecule has 3 rings (SSSR count). The van der Waals surface area contributed by atoms with Crippen LogP contribution in [0.3, 0.4) is 0 Å². The van der Waals surface area contributed by atoms with Crippen LogP contribution in [0.25, 0.3) is 0 Å². The highest BCUT2D eigenvalue weighted by atomic mass is 32.2. The monoisotopic (exact) mass is 495 g/mol. The molecule has 0 aliphatic rings. The Morgan fingerprint density at radius 3 is 2.23 bits per heavy atom. The van der Waals surface area contributed by atoms with Crippen LogP contribution in [0.15, 0.2) is 82.8 Å². The van der Waals surface area contributed by atoms with Gasteiger partial charge in [-0.1, -0.05) is 43.3 Å². The van der Waals surface area contributed by atoms with Gasteiger partial charge in [0.2, 0.25) is 0 Å². The van der Waals surface area contributed by atoms with Gasteiger partial charge in [-0.05, 0) is 55.3 Å². The summed E-state index contributed by atoms with van der Waals surface area (Å²) in [5.41, 5.74) is 5.01. The van der Waals surface area contributed by atoms with Gasteiger partial charge in [-0.3, -0.25) is 9.10 Å². The predicted molar refractivity (Wildman–Crippen MR) is 137 cm³/mol. The lowest BCUT2D eigenvalue weighted by Crippen LogP contribution is -2.40. The molecule has 0 saturated heterocycles. The third-order valence-corrected chi connectivity index (χ3v) is 7.14. The highest BCUT2D eigenvalue weighted by molar-refractivity contribution is 7.92. The highest BCUT2D eigenvalue weighted by Crippen LogP contribution is 2.28. The lowest BCUT2D eigenvalue weighted by atomic mass is 10.1. The molecule has 0 aliphatic heterocycles. The van der Waals surface area contributed by atoms with Crippen LogP contribution in [-0.4, -0.2) is 40.8 Å². The van der Waals surface area contributed by atoms with E-state index in [0.29, 0.717) is 29.3 Å². The molecule has 1 N–H and O–H groups in total. The lowest BCUT2D eigenvalue weighted by molar-refractivity contribution is -0.119. The fraction of sp³-hybridized carbons (Fsp3) is 0.231.